The van der Waals surface area contributed by atoms with Gasteiger partial charge in [-0.25, -0.2) is 0 Å². The van der Waals surface area contributed by atoms with E-state index in [0.717, 1.165) is 25.3 Å². The summed E-state index contributed by atoms with van der Waals surface area (Å²) in [7, 11) is 1.58. The van der Waals surface area contributed by atoms with Gasteiger partial charge in [0.1, 0.15) is 5.75 Å². The Hall–Kier alpha value is -2.93. The number of rotatable bonds is 6. The molecule has 28 heavy (non-hydrogen) atoms. The van der Waals surface area contributed by atoms with Crippen molar-refractivity contribution in [1.82, 2.24) is 20.1 Å². The second-order valence-electron chi connectivity index (χ2n) is 6.89. The molecule has 2 aromatic rings. The third-order valence-electron chi connectivity index (χ3n) is 4.83. The van der Waals surface area contributed by atoms with Crippen LogP contribution < -0.4 is 10.1 Å². The molecule has 1 N–H and O–H groups in total. The van der Waals surface area contributed by atoms with Crippen molar-refractivity contribution in [3.8, 4) is 5.75 Å². The highest BCUT2D eigenvalue weighted by Gasteiger charge is 2.27. The van der Waals surface area contributed by atoms with Crippen molar-refractivity contribution in [3.63, 3.8) is 0 Å². The molecule has 0 bridgehead atoms. The fourth-order valence-corrected chi connectivity index (χ4v) is 3.37. The highest BCUT2D eigenvalue weighted by Crippen LogP contribution is 2.15. The Morgan fingerprint density at radius 3 is 2.79 bits per heavy atom. The minimum Gasteiger partial charge on any atom is -0.484 e. The monoisotopic (exact) mass is 382 g/mol. The van der Waals surface area contributed by atoms with Crippen LogP contribution in [-0.4, -0.2) is 65.9 Å². The molecule has 1 aromatic carbocycles. The molecule has 0 saturated carbocycles. The molecule has 0 aliphatic carbocycles. The molecule has 0 spiro atoms. The molecule has 1 atom stereocenters. The summed E-state index contributed by atoms with van der Waals surface area (Å²) in [5, 5.41) is 2.57. The number of nitrogens with one attached hydrogen (secondary N) is 1. The first kappa shape index (κ1) is 19.8. The van der Waals surface area contributed by atoms with Crippen molar-refractivity contribution in [1.29, 1.82) is 0 Å². The predicted molar refractivity (Wildman–Crippen MR) is 106 cm³/mol. The molecule has 1 fully saturated rings. The average Bonchev–Trinajstić information content (AvgIpc) is 2.72. The maximum absolute atomic E-state index is 12.6. The fraction of sp³-hybridized carbons (Fsp3) is 0.381. The molecule has 1 aliphatic rings. The van der Waals surface area contributed by atoms with Gasteiger partial charge in [-0.3, -0.25) is 19.5 Å². The summed E-state index contributed by atoms with van der Waals surface area (Å²) in [5.74, 6) is 0.278. The van der Waals surface area contributed by atoms with E-state index in [2.05, 4.69) is 22.1 Å². The van der Waals surface area contributed by atoms with Gasteiger partial charge in [-0.05, 0) is 37.3 Å². The fourth-order valence-electron chi connectivity index (χ4n) is 3.37. The van der Waals surface area contributed by atoms with Crippen LogP contribution >= 0.6 is 0 Å². The van der Waals surface area contributed by atoms with Crippen molar-refractivity contribution < 1.29 is 14.3 Å². The highest BCUT2D eigenvalue weighted by molar-refractivity contribution is 5.94. The quantitative estimate of drug-likeness (QED) is 0.821. The summed E-state index contributed by atoms with van der Waals surface area (Å²) in [6.07, 6.45) is 1.80. The lowest BCUT2D eigenvalue weighted by atomic mass is 10.1. The standard InChI is InChI=1S/C21H26N4O3/c1-16-13-24(14-18-7-3-4-9-23-18)10-11-25(16)20(26)15-28-19-8-5-6-17(12-19)21(27)22-2/h3-9,12,16H,10-11,13-15H2,1-2H3,(H,22,27). The van der Waals surface area contributed by atoms with Gasteiger partial charge in [0.15, 0.2) is 6.61 Å². The topological polar surface area (TPSA) is 74.8 Å². The van der Waals surface area contributed by atoms with Gasteiger partial charge in [0.25, 0.3) is 11.8 Å². The lowest BCUT2D eigenvalue weighted by Gasteiger charge is -2.39. The molecule has 2 heterocycles. The van der Waals surface area contributed by atoms with E-state index in [1.807, 2.05) is 23.1 Å². The number of carbonyl (C=O) groups excluding carboxylic acids is 2. The first-order valence-electron chi connectivity index (χ1n) is 9.43. The zero-order valence-electron chi connectivity index (χ0n) is 16.3. The van der Waals surface area contributed by atoms with Crippen LogP contribution in [0.15, 0.2) is 48.7 Å². The predicted octanol–water partition coefficient (Wildman–Crippen LogP) is 1.55. The lowest BCUT2D eigenvalue weighted by molar-refractivity contribution is -0.138. The second kappa shape index (κ2) is 9.32. The molecule has 1 aromatic heterocycles. The third-order valence-corrected chi connectivity index (χ3v) is 4.83. The summed E-state index contributed by atoms with van der Waals surface area (Å²) in [5.41, 5.74) is 1.54. The number of piperazine rings is 1. The summed E-state index contributed by atoms with van der Waals surface area (Å²) in [4.78, 5) is 32.9. The number of nitrogens with zero attached hydrogens (tertiary/aromatic N) is 3. The zero-order valence-corrected chi connectivity index (χ0v) is 16.3. The van der Waals surface area contributed by atoms with E-state index in [4.69, 9.17) is 4.74 Å². The van der Waals surface area contributed by atoms with Gasteiger partial charge in [-0.15, -0.1) is 0 Å². The number of carbonyl (C=O) groups is 2. The second-order valence-corrected chi connectivity index (χ2v) is 6.89. The van der Waals surface area contributed by atoms with E-state index in [1.165, 1.54) is 0 Å². The summed E-state index contributed by atoms with van der Waals surface area (Å²) in [6.45, 7) is 5.06. The van der Waals surface area contributed by atoms with Crippen molar-refractivity contribution >= 4 is 11.8 Å². The van der Waals surface area contributed by atoms with Crippen LogP contribution in [0.5, 0.6) is 5.75 Å². The molecule has 1 unspecified atom stereocenters. The van der Waals surface area contributed by atoms with E-state index in [-0.39, 0.29) is 24.5 Å². The summed E-state index contributed by atoms with van der Waals surface area (Å²) < 4.78 is 5.63. The Morgan fingerprint density at radius 2 is 2.07 bits per heavy atom. The number of benzene rings is 1. The SMILES string of the molecule is CNC(=O)c1cccc(OCC(=O)N2CCN(Cc3ccccn3)CC2C)c1. The number of pyridine rings is 1. The first-order valence-corrected chi connectivity index (χ1v) is 9.43. The minimum absolute atomic E-state index is 0.0399. The number of hydrogen-bond donors (Lipinski definition) is 1. The van der Waals surface area contributed by atoms with Crippen molar-refractivity contribution in [2.24, 2.45) is 0 Å². The molecule has 0 radical (unpaired) electrons. The van der Waals surface area contributed by atoms with E-state index in [1.54, 1.807) is 37.5 Å². The van der Waals surface area contributed by atoms with E-state index >= 15 is 0 Å². The molecule has 7 heteroatoms. The zero-order chi connectivity index (χ0) is 19.9. The van der Waals surface area contributed by atoms with Gasteiger partial charge in [0.2, 0.25) is 0 Å². The average molecular weight is 382 g/mol. The van der Waals surface area contributed by atoms with E-state index < -0.39 is 0 Å². The van der Waals surface area contributed by atoms with E-state index in [0.29, 0.717) is 17.9 Å². The van der Waals surface area contributed by atoms with Crippen LogP contribution in [0.1, 0.15) is 23.0 Å². The van der Waals surface area contributed by atoms with Crippen molar-refractivity contribution in [2.75, 3.05) is 33.3 Å². The van der Waals surface area contributed by atoms with E-state index in [9.17, 15) is 9.59 Å². The Bertz CT molecular complexity index is 812. The number of aromatic nitrogens is 1. The number of ether oxygens (including phenoxy) is 1. The molecule has 148 valence electrons. The minimum atomic E-state index is -0.186. The Morgan fingerprint density at radius 1 is 1.21 bits per heavy atom. The van der Waals surface area contributed by atoms with Crippen LogP contribution in [0.3, 0.4) is 0 Å². The molecule has 1 saturated heterocycles. The largest absolute Gasteiger partial charge is 0.484 e. The summed E-state index contributed by atoms with van der Waals surface area (Å²) >= 11 is 0. The Labute approximate surface area is 165 Å². The maximum Gasteiger partial charge on any atom is 0.260 e. The first-order chi connectivity index (χ1) is 13.6. The Kier molecular flexibility index (Phi) is 6.60. The maximum atomic E-state index is 12.6. The van der Waals surface area contributed by atoms with Crippen LogP contribution in [0.25, 0.3) is 0 Å². The molecular weight excluding hydrogens is 356 g/mol. The van der Waals surface area contributed by atoms with Crippen molar-refractivity contribution in [2.45, 2.75) is 19.5 Å². The van der Waals surface area contributed by atoms with Gasteiger partial charge in [-0.2, -0.15) is 0 Å². The van der Waals surface area contributed by atoms with Gasteiger partial charge in [-0.1, -0.05) is 12.1 Å². The van der Waals surface area contributed by atoms with Crippen LogP contribution in [0.2, 0.25) is 0 Å². The molecule has 7 nitrogen and oxygen atoms in total. The molecule has 2 amide bonds. The highest BCUT2D eigenvalue weighted by atomic mass is 16.5. The van der Waals surface area contributed by atoms with Gasteiger partial charge in [0.05, 0.1) is 5.69 Å². The van der Waals surface area contributed by atoms with Crippen LogP contribution in [-0.2, 0) is 11.3 Å². The van der Waals surface area contributed by atoms with Gasteiger partial charge < -0.3 is 15.0 Å². The van der Waals surface area contributed by atoms with Crippen LogP contribution in [0.4, 0.5) is 0 Å². The third kappa shape index (κ3) is 5.07. The van der Waals surface area contributed by atoms with Crippen molar-refractivity contribution in [3.05, 3.63) is 59.9 Å². The number of amides is 2. The molecular formula is C21H26N4O3. The Balaban J connectivity index is 1.51. The molecule has 3 rings (SSSR count). The molecule has 1 aliphatic heterocycles. The normalized spacial score (nSPS) is 17.2. The number of hydrogen-bond acceptors (Lipinski definition) is 5. The van der Waals surface area contributed by atoms with Crippen LogP contribution in [0, 0.1) is 0 Å². The lowest BCUT2D eigenvalue weighted by Crippen LogP contribution is -2.54. The van der Waals surface area contributed by atoms with Gasteiger partial charge in [0, 0.05) is 51.0 Å². The summed E-state index contributed by atoms with van der Waals surface area (Å²) in [6, 6.07) is 12.8. The smallest absolute Gasteiger partial charge is 0.260 e. The van der Waals surface area contributed by atoms with Gasteiger partial charge >= 0.3 is 0 Å².